The van der Waals surface area contributed by atoms with E-state index in [9.17, 15) is 0 Å². The van der Waals surface area contributed by atoms with Crippen LogP contribution in [0, 0.1) is 12.8 Å². The van der Waals surface area contributed by atoms with Crippen LogP contribution >= 0.6 is 0 Å². The Bertz CT molecular complexity index is 143. The highest BCUT2D eigenvalue weighted by Gasteiger charge is 2.07. The summed E-state index contributed by atoms with van der Waals surface area (Å²) in [5.41, 5.74) is 0. The Morgan fingerprint density at radius 2 is 2.00 bits per heavy atom. The minimum atomic E-state index is 0.215. The highest BCUT2D eigenvalue weighted by molar-refractivity contribution is 5.11. The van der Waals surface area contributed by atoms with Crippen molar-refractivity contribution in [3.63, 3.8) is 0 Å². The van der Waals surface area contributed by atoms with Crippen molar-refractivity contribution in [2.75, 3.05) is 20.3 Å². The van der Waals surface area contributed by atoms with E-state index in [1.165, 1.54) is 6.42 Å². The molecule has 2 nitrogen and oxygen atoms in total. The van der Waals surface area contributed by atoms with Gasteiger partial charge in [0.25, 0.3) is 0 Å². The molecule has 0 heterocycles. The molecule has 1 aliphatic carbocycles. The van der Waals surface area contributed by atoms with Gasteiger partial charge in [-0.25, -0.2) is 0 Å². The van der Waals surface area contributed by atoms with Crippen LogP contribution in [0.2, 0.25) is 0 Å². The molecule has 1 rings (SSSR count). The van der Waals surface area contributed by atoms with Gasteiger partial charge in [0.1, 0.15) is 0 Å². The molecule has 0 amide bonds. The molecule has 1 unspecified atom stereocenters. The van der Waals surface area contributed by atoms with E-state index in [1.807, 2.05) is 0 Å². The van der Waals surface area contributed by atoms with Crippen LogP contribution in [0.4, 0.5) is 0 Å². The quantitative estimate of drug-likeness (QED) is 0.652. The second-order valence-electron chi connectivity index (χ2n) is 3.48. The van der Waals surface area contributed by atoms with Crippen molar-refractivity contribution in [3.8, 4) is 0 Å². The summed E-state index contributed by atoms with van der Waals surface area (Å²) in [6, 6.07) is 0. The molecule has 1 aliphatic rings. The molecule has 0 aromatic carbocycles. The first-order chi connectivity index (χ1) is 7.35. The van der Waals surface area contributed by atoms with Gasteiger partial charge in [-0.2, -0.15) is 0 Å². The van der Waals surface area contributed by atoms with Gasteiger partial charge in [0.05, 0.1) is 6.10 Å². The third-order valence-electron chi connectivity index (χ3n) is 1.74. The minimum absolute atomic E-state index is 0.215. The van der Waals surface area contributed by atoms with Gasteiger partial charge in [-0.15, -0.1) is 0 Å². The van der Waals surface area contributed by atoms with E-state index < -0.39 is 0 Å². The molecule has 0 N–H and O–H groups in total. The molecule has 2 heteroatoms. The second kappa shape index (κ2) is 11.7. The molecule has 0 aromatic heterocycles. The highest BCUT2D eigenvalue weighted by atomic mass is 16.5. The number of hydrogen-bond donors (Lipinski definition) is 0. The van der Waals surface area contributed by atoms with Crippen LogP contribution in [0.25, 0.3) is 0 Å². The lowest BCUT2D eigenvalue weighted by molar-refractivity contribution is 0.0798. The molecule has 1 atom stereocenters. The third-order valence-corrected chi connectivity index (χ3v) is 1.74. The second-order valence-corrected chi connectivity index (χ2v) is 3.48. The molecule has 0 saturated heterocycles. The number of hydrogen-bond acceptors (Lipinski definition) is 2. The lowest BCUT2D eigenvalue weighted by Gasteiger charge is -2.16. The first-order valence-corrected chi connectivity index (χ1v) is 5.79. The molecule has 88 valence electrons. The van der Waals surface area contributed by atoms with Crippen molar-refractivity contribution < 1.29 is 9.47 Å². The average Bonchev–Trinajstić information content (AvgIpc) is 2.27. The Hall–Kier alpha value is -0.340. The summed E-state index contributed by atoms with van der Waals surface area (Å²) in [4.78, 5) is 0. The Labute approximate surface area is 94.7 Å². The average molecular weight is 212 g/mol. The number of ether oxygens (including phenoxy) is 2. The zero-order chi connectivity index (χ0) is 11.4. The maximum atomic E-state index is 5.54. The van der Waals surface area contributed by atoms with Gasteiger partial charge in [0.2, 0.25) is 0 Å². The van der Waals surface area contributed by atoms with Gasteiger partial charge in [0, 0.05) is 20.3 Å². The summed E-state index contributed by atoms with van der Waals surface area (Å²) in [6.45, 7) is 5.81. The fourth-order valence-corrected chi connectivity index (χ4v) is 1.10. The third kappa shape index (κ3) is 9.95. The molecule has 0 aromatic rings. The normalized spacial score (nSPS) is 19.5. The Morgan fingerprint density at radius 3 is 2.53 bits per heavy atom. The summed E-state index contributed by atoms with van der Waals surface area (Å²) in [6.07, 6.45) is 11.9. The maximum Gasteiger partial charge on any atom is 0.0788 e. The van der Waals surface area contributed by atoms with E-state index in [-0.39, 0.29) is 6.10 Å². The lowest BCUT2D eigenvalue weighted by atomic mass is 10.1. The number of rotatable bonds is 5. The van der Waals surface area contributed by atoms with Crippen molar-refractivity contribution in [1.29, 1.82) is 0 Å². The van der Waals surface area contributed by atoms with E-state index in [0.29, 0.717) is 0 Å². The van der Waals surface area contributed by atoms with Gasteiger partial charge in [-0.1, -0.05) is 32.4 Å². The Balaban J connectivity index is 0.000000583. The van der Waals surface area contributed by atoms with Gasteiger partial charge in [0.15, 0.2) is 0 Å². The molecular formula is C13H24O2. The van der Waals surface area contributed by atoms with E-state index >= 15 is 0 Å². The van der Waals surface area contributed by atoms with Crippen LogP contribution < -0.4 is 0 Å². The predicted octanol–water partition coefficient (Wildman–Crippen LogP) is 3.19. The molecule has 0 saturated carbocycles. The summed E-state index contributed by atoms with van der Waals surface area (Å²) >= 11 is 0. The first kappa shape index (κ1) is 14.7. The number of methoxy groups -OCH3 is 1. The van der Waals surface area contributed by atoms with Crippen LogP contribution in [0.3, 0.4) is 0 Å². The van der Waals surface area contributed by atoms with Crippen molar-refractivity contribution in [1.82, 2.24) is 0 Å². The van der Waals surface area contributed by atoms with Crippen LogP contribution in [-0.2, 0) is 9.47 Å². The van der Waals surface area contributed by atoms with E-state index in [0.717, 1.165) is 26.1 Å². The largest absolute Gasteiger partial charge is 0.385 e. The molecule has 2 radical (unpaired) electrons. The molecule has 0 bridgehead atoms. The first-order valence-electron chi connectivity index (χ1n) is 5.79. The summed E-state index contributed by atoms with van der Waals surface area (Å²) in [5.74, 6) is 0. The topological polar surface area (TPSA) is 18.5 Å². The fraction of sp³-hybridized carbons (Fsp3) is 0.692. The van der Waals surface area contributed by atoms with Crippen molar-refractivity contribution in [2.45, 2.75) is 39.2 Å². The van der Waals surface area contributed by atoms with E-state index in [1.54, 1.807) is 7.11 Å². The van der Waals surface area contributed by atoms with Gasteiger partial charge in [-0.3, -0.25) is 0 Å². The monoisotopic (exact) mass is 212 g/mol. The molecule has 0 spiro atoms. The Kier molecular flexibility index (Phi) is 11.5. The number of allylic oxidation sites excluding steroid dienone is 1. The van der Waals surface area contributed by atoms with Gasteiger partial charge >= 0.3 is 0 Å². The van der Waals surface area contributed by atoms with Crippen molar-refractivity contribution in [2.24, 2.45) is 0 Å². The molecule has 15 heavy (non-hydrogen) atoms. The zero-order valence-corrected chi connectivity index (χ0v) is 10.2. The molecule has 0 fully saturated rings. The zero-order valence-electron chi connectivity index (χ0n) is 10.2. The van der Waals surface area contributed by atoms with Crippen LogP contribution in [0.1, 0.15) is 33.1 Å². The van der Waals surface area contributed by atoms with Crippen molar-refractivity contribution in [3.05, 3.63) is 25.0 Å². The summed E-state index contributed by atoms with van der Waals surface area (Å²) in [7, 11) is 1.71. The smallest absolute Gasteiger partial charge is 0.0788 e. The van der Waals surface area contributed by atoms with Crippen LogP contribution in [0.15, 0.2) is 12.2 Å². The maximum absolute atomic E-state index is 5.54. The van der Waals surface area contributed by atoms with E-state index in [4.69, 9.17) is 9.47 Å². The molecular weight excluding hydrogens is 188 g/mol. The standard InChI is InChI=1S/C10H16O2.C3H8/c1-11-8-5-9-12-10-6-3-2-4-7-10;1-3-2/h2-3,6-7,10H,4-5,8-9H2,1H3;3H2,1-2H3. The van der Waals surface area contributed by atoms with Gasteiger partial charge < -0.3 is 9.47 Å². The Morgan fingerprint density at radius 1 is 1.27 bits per heavy atom. The molecule has 0 aliphatic heterocycles. The summed E-state index contributed by atoms with van der Waals surface area (Å²) in [5, 5.41) is 0. The van der Waals surface area contributed by atoms with Crippen LogP contribution in [0.5, 0.6) is 0 Å². The van der Waals surface area contributed by atoms with E-state index in [2.05, 4.69) is 38.8 Å². The minimum Gasteiger partial charge on any atom is -0.385 e. The lowest BCUT2D eigenvalue weighted by Crippen LogP contribution is -2.14. The fourth-order valence-electron chi connectivity index (χ4n) is 1.10. The SMILES string of the molecule is CCC.COCCCOC1[CH]C[CH]C=C1. The summed E-state index contributed by atoms with van der Waals surface area (Å²) < 4.78 is 10.5. The van der Waals surface area contributed by atoms with Crippen LogP contribution in [-0.4, -0.2) is 26.4 Å². The van der Waals surface area contributed by atoms with Crippen molar-refractivity contribution >= 4 is 0 Å². The predicted molar refractivity (Wildman–Crippen MR) is 64.6 cm³/mol. The highest BCUT2D eigenvalue weighted by Crippen LogP contribution is 2.11. The van der Waals surface area contributed by atoms with Gasteiger partial charge in [-0.05, 0) is 25.7 Å².